The monoisotopic (exact) mass is 616 g/mol. The fourth-order valence-electron chi connectivity index (χ4n) is 5.17. The van der Waals surface area contributed by atoms with Crippen molar-refractivity contribution in [1.82, 2.24) is 14.5 Å². The summed E-state index contributed by atoms with van der Waals surface area (Å²) in [5.74, 6) is -3.82. The molecule has 1 heterocycles. The van der Waals surface area contributed by atoms with Crippen LogP contribution in [0.4, 0.5) is 31.1 Å². The van der Waals surface area contributed by atoms with Gasteiger partial charge in [0.05, 0.1) is 23.7 Å². The summed E-state index contributed by atoms with van der Waals surface area (Å²) in [5, 5.41) is 12.0. The fraction of sp³-hybridized carbons (Fsp3) is 0.258. The SMILES string of the molecule is Cc1cc([C@@H](NC(=O)c2cc(Cn3ccn(C)c3=NC(=O)O)cc(-c3ccc(F)cc3C(F)(F)F)c2F)C2CC2)ccc1F. The molecule has 0 saturated heterocycles. The minimum atomic E-state index is -5.05. The van der Waals surface area contributed by atoms with Crippen molar-refractivity contribution in [1.29, 1.82) is 0 Å². The van der Waals surface area contributed by atoms with Crippen molar-refractivity contribution in [3.05, 3.63) is 112 Å². The molecule has 1 fully saturated rings. The first-order valence-corrected chi connectivity index (χ1v) is 13.5. The second-order valence-corrected chi connectivity index (χ2v) is 10.7. The zero-order valence-corrected chi connectivity index (χ0v) is 23.4. The van der Waals surface area contributed by atoms with E-state index in [0.717, 1.165) is 37.1 Å². The van der Waals surface area contributed by atoms with Crippen LogP contribution < -0.4 is 10.9 Å². The lowest BCUT2D eigenvalue weighted by Gasteiger charge is -2.21. The molecular formula is C31H26F6N4O3. The molecule has 1 saturated carbocycles. The van der Waals surface area contributed by atoms with Crippen LogP contribution in [0.5, 0.6) is 0 Å². The molecule has 0 bridgehead atoms. The van der Waals surface area contributed by atoms with Crippen molar-refractivity contribution < 1.29 is 41.0 Å². The van der Waals surface area contributed by atoms with E-state index in [-0.39, 0.29) is 29.7 Å². The minimum absolute atomic E-state index is 0.0106. The van der Waals surface area contributed by atoms with Crippen LogP contribution in [0, 0.1) is 30.3 Å². The number of aryl methyl sites for hydroxylation is 2. The first-order valence-electron chi connectivity index (χ1n) is 13.5. The Morgan fingerprint density at radius 1 is 1.02 bits per heavy atom. The maximum Gasteiger partial charge on any atom is 0.434 e. The molecule has 230 valence electrons. The molecule has 0 radical (unpaired) electrons. The molecular weight excluding hydrogens is 590 g/mol. The van der Waals surface area contributed by atoms with E-state index in [1.165, 1.54) is 40.7 Å². The van der Waals surface area contributed by atoms with Gasteiger partial charge in [0.25, 0.3) is 5.91 Å². The van der Waals surface area contributed by atoms with Gasteiger partial charge in [-0.1, -0.05) is 18.2 Å². The van der Waals surface area contributed by atoms with Crippen LogP contribution >= 0.6 is 0 Å². The van der Waals surface area contributed by atoms with E-state index in [0.29, 0.717) is 11.1 Å². The van der Waals surface area contributed by atoms with Gasteiger partial charge in [-0.15, -0.1) is 4.99 Å². The first-order chi connectivity index (χ1) is 20.7. The lowest BCUT2D eigenvalue weighted by Crippen LogP contribution is -2.31. The maximum absolute atomic E-state index is 16.2. The van der Waals surface area contributed by atoms with E-state index in [1.54, 1.807) is 13.0 Å². The summed E-state index contributed by atoms with van der Waals surface area (Å²) in [5.41, 5.74) is -2.26. The Morgan fingerprint density at radius 2 is 1.75 bits per heavy atom. The molecule has 0 spiro atoms. The van der Waals surface area contributed by atoms with Gasteiger partial charge in [0.15, 0.2) is 0 Å². The van der Waals surface area contributed by atoms with Crippen LogP contribution in [0.2, 0.25) is 0 Å². The third-order valence-electron chi connectivity index (χ3n) is 7.47. The molecule has 1 aliphatic rings. The van der Waals surface area contributed by atoms with Crippen molar-refractivity contribution >= 4 is 12.0 Å². The number of amides is 2. The summed E-state index contributed by atoms with van der Waals surface area (Å²) in [6, 6.07) is 7.78. The molecule has 5 rings (SSSR count). The highest BCUT2D eigenvalue weighted by Gasteiger charge is 2.37. The summed E-state index contributed by atoms with van der Waals surface area (Å²) in [6.45, 7) is 1.36. The van der Waals surface area contributed by atoms with E-state index in [4.69, 9.17) is 0 Å². The average molecular weight is 617 g/mol. The number of imidazole rings is 1. The van der Waals surface area contributed by atoms with Crippen molar-refractivity contribution in [2.24, 2.45) is 18.0 Å². The van der Waals surface area contributed by atoms with Crippen LogP contribution in [0.3, 0.4) is 0 Å². The molecule has 0 aliphatic heterocycles. The number of alkyl halides is 3. The van der Waals surface area contributed by atoms with E-state index in [2.05, 4.69) is 10.3 Å². The zero-order chi connectivity index (χ0) is 31.9. The Bertz CT molecular complexity index is 1840. The van der Waals surface area contributed by atoms with Gasteiger partial charge >= 0.3 is 12.3 Å². The molecule has 1 aromatic heterocycles. The molecule has 1 atom stereocenters. The van der Waals surface area contributed by atoms with Crippen molar-refractivity contribution in [2.45, 2.75) is 38.5 Å². The van der Waals surface area contributed by atoms with Crippen LogP contribution in [-0.2, 0) is 19.8 Å². The van der Waals surface area contributed by atoms with Gasteiger partial charge in [-0.25, -0.2) is 18.0 Å². The molecule has 7 nitrogen and oxygen atoms in total. The van der Waals surface area contributed by atoms with E-state index < -0.39 is 63.9 Å². The van der Waals surface area contributed by atoms with Crippen LogP contribution in [0.1, 0.15) is 51.5 Å². The Labute approximate surface area is 247 Å². The number of aromatic nitrogens is 2. The fourth-order valence-corrected chi connectivity index (χ4v) is 5.17. The number of hydrogen-bond donors (Lipinski definition) is 2. The predicted molar refractivity (Wildman–Crippen MR) is 147 cm³/mol. The highest BCUT2D eigenvalue weighted by molar-refractivity contribution is 5.96. The number of nitrogens with one attached hydrogen (secondary N) is 1. The highest BCUT2D eigenvalue weighted by Crippen LogP contribution is 2.42. The Kier molecular flexibility index (Phi) is 8.15. The smallest absolute Gasteiger partial charge is 0.434 e. The normalized spacial score (nSPS) is 14.5. The Morgan fingerprint density at radius 3 is 2.39 bits per heavy atom. The number of hydrogen-bond acceptors (Lipinski definition) is 2. The number of halogens is 6. The van der Waals surface area contributed by atoms with E-state index in [1.807, 2.05) is 0 Å². The standard InChI is InChI=1S/C31H26F6N4O3/c1-16-11-19(5-8-25(16)33)27(18-3-4-18)38-28(42)23-13-17(15-41-10-9-40(2)29(41)39-30(43)44)12-22(26(23)34)21-7-6-20(32)14-24(21)31(35,36)37/h5-14,18,27H,3-4,15H2,1-2H3,(H,38,42)(H,43,44)/t27-/m0/s1. The van der Waals surface area contributed by atoms with Gasteiger partial charge < -0.3 is 19.6 Å². The lowest BCUT2D eigenvalue weighted by atomic mass is 9.93. The molecule has 44 heavy (non-hydrogen) atoms. The number of carbonyl (C=O) groups excluding carboxylic acids is 1. The minimum Gasteiger partial charge on any atom is -0.463 e. The Balaban J connectivity index is 1.64. The van der Waals surface area contributed by atoms with Crippen LogP contribution in [0.25, 0.3) is 11.1 Å². The Hall–Kier alpha value is -4.81. The van der Waals surface area contributed by atoms with Gasteiger partial charge in [0.2, 0.25) is 5.62 Å². The maximum atomic E-state index is 16.2. The van der Waals surface area contributed by atoms with Crippen LogP contribution in [0.15, 0.2) is 65.9 Å². The third-order valence-corrected chi connectivity index (χ3v) is 7.47. The number of benzene rings is 3. The van der Waals surface area contributed by atoms with Crippen molar-refractivity contribution in [3.63, 3.8) is 0 Å². The number of rotatable bonds is 7. The van der Waals surface area contributed by atoms with E-state index >= 15 is 4.39 Å². The molecule has 0 unspecified atom stereocenters. The lowest BCUT2D eigenvalue weighted by molar-refractivity contribution is -0.137. The summed E-state index contributed by atoms with van der Waals surface area (Å²) in [4.78, 5) is 28.4. The number of carbonyl (C=O) groups is 2. The van der Waals surface area contributed by atoms with Crippen molar-refractivity contribution in [3.8, 4) is 11.1 Å². The topological polar surface area (TPSA) is 88.6 Å². The van der Waals surface area contributed by atoms with E-state index in [9.17, 15) is 36.6 Å². The summed E-state index contributed by atoms with van der Waals surface area (Å²) in [7, 11) is 1.52. The van der Waals surface area contributed by atoms with Gasteiger partial charge in [-0.3, -0.25) is 4.79 Å². The predicted octanol–water partition coefficient (Wildman–Crippen LogP) is 6.75. The third kappa shape index (κ3) is 6.41. The summed E-state index contributed by atoms with van der Waals surface area (Å²) >= 11 is 0. The molecule has 3 aromatic carbocycles. The summed E-state index contributed by atoms with van der Waals surface area (Å²) < 4.78 is 88.7. The largest absolute Gasteiger partial charge is 0.463 e. The average Bonchev–Trinajstić information content (AvgIpc) is 3.74. The molecule has 2 N–H and O–H groups in total. The zero-order valence-electron chi connectivity index (χ0n) is 23.4. The quantitative estimate of drug-likeness (QED) is 0.225. The second kappa shape index (κ2) is 11.7. The van der Waals surface area contributed by atoms with Gasteiger partial charge in [-0.2, -0.15) is 13.2 Å². The first kappa shape index (κ1) is 30.6. The summed E-state index contributed by atoms with van der Waals surface area (Å²) in [6.07, 6.45) is -2.10. The number of carboxylic acid groups (broad SMARTS) is 1. The molecule has 2 amide bonds. The highest BCUT2D eigenvalue weighted by atomic mass is 19.4. The van der Waals surface area contributed by atoms with Crippen molar-refractivity contribution in [2.75, 3.05) is 0 Å². The second-order valence-electron chi connectivity index (χ2n) is 10.7. The van der Waals surface area contributed by atoms with Gasteiger partial charge in [-0.05, 0) is 78.3 Å². The molecule has 13 heteroatoms. The van der Waals surface area contributed by atoms with Gasteiger partial charge in [0.1, 0.15) is 17.5 Å². The van der Waals surface area contributed by atoms with Gasteiger partial charge in [0, 0.05) is 25.0 Å². The molecule has 1 aliphatic carbocycles. The molecule has 4 aromatic rings. The number of nitrogens with zero attached hydrogens (tertiary/aromatic N) is 3. The van der Waals surface area contributed by atoms with Crippen LogP contribution in [-0.4, -0.2) is 26.2 Å².